The summed E-state index contributed by atoms with van der Waals surface area (Å²) in [5.41, 5.74) is 0. The van der Waals surface area contributed by atoms with E-state index in [0.717, 1.165) is 0 Å². The highest BCUT2D eigenvalue weighted by atomic mass is 19.4. The number of ether oxygens (including phenoxy) is 1. The van der Waals surface area contributed by atoms with Gasteiger partial charge < -0.3 is 9.84 Å². The van der Waals surface area contributed by atoms with E-state index in [0.29, 0.717) is 0 Å². The van der Waals surface area contributed by atoms with Crippen molar-refractivity contribution in [3.8, 4) is 0 Å². The smallest absolute Gasteiger partial charge is 0.390 e. The Bertz CT molecular complexity index is 173. The minimum Gasteiger partial charge on any atom is -0.390 e. The van der Waals surface area contributed by atoms with E-state index in [1.165, 1.54) is 6.92 Å². The maximum absolute atomic E-state index is 12.0. The quantitative estimate of drug-likeness (QED) is 0.763. The van der Waals surface area contributed by atoms with Crippen LogP contribution in [0.1, 0.15) is 6.92 Å². The van der Waals surface area contributed by atoms with E-state index in [9.17, 15) is 26.3 Å². The Morgan fingerprint density at radius 1 is 1.07 bits per heavy atom. The van der Waals surface area contributed by atoms with Crippen molar-refractivity contribution in [1.82, 2.24) is 0 Å². The van der Waals surface area contributed by atoms with E-state index in [-0.39, 0.29) is 6.61 Å². The molecule has 1 unspecified atom stereocenters. The maximum Gasteiger partial charge on any atom is 0.403 e. The molecule has 0 aromatic rings. The highest BCUT2D eigenvalue weighted by molar-refractivity contribution is 4.82. The number of aliphatic hydroxyl groups is 1. The fraction of sp³-hybridized carbons (Fsp3) is 1.00. The summed E-state index contributed by atoms with van der Waals surface area (Å²) in [6.45, 7) is 0.322. The fourth-order valence-electron chi connectivity index (χ4n) is 0.957. The van der Waals surface area contributed by atoms with Crippen molar-refractivity contribution < 1.29 is 36.2 Å². The zero-order valence-corrected chi connectivity index (χ0v) is 7.69. The van der Waals surface area contributed by atoms with Gasteiger partial charge in [0, 0.05) is 6.61 Å². The molecule has 0 aliphatic heterocycles. The van der Waals surface area contributed by atoms with Crippen LogP contribution in [-0.4, -0.2) is 36.8 Å². The Morgan fingerprint density at radius 3 is 1.73 bits per heavy atom. The van der Waals surface area contributed by atoms with Crippen LogP contribution in [0, 0.1) is 5.92 Å². The van der Waals surface area contributed by atoms with Gasteiger partial charge in [-0.15, -0.1) is 0 Å². The van der Waals surface area contributed by atoms with Crippen LogP contribution in [0.25, 0.3) is 0 Å². The normalized spacial score (nSPS) is 15.8. The van der Waals surface area contributed by atoms with Crippen LogP contribution in [0.2, 0.25) is 0 Å². The third-order valence-corrected chi connectivity index (χ3v) is 1.58. The minimum atomic E-state index is -5.53. The standard InChI is InChI=1S/C7H10F6O2/c1-2-15-3-4(14)5(6(8,9)10)7(11,12)13/h4-5,14H,2-3H2,1H3. The second-order valence-electron chi connectivity index (χ2n) is 2.79. The van der Waals surface area contributed by atoms with Crippen molar-refractivity contribution in [2.45, 2.75) is 25.4 Å². The average molecular weight is 240 g/mol. The van der Waals surface area contributed by atoms with Gasteiger partial charge in [0.25, 0.3) is 0 Å². The zero-order valence-electron chi connectivity index (χ0n) is 7.69. The Balaban J connectivity index is 4.65. The molecule has 0 spiro atoms. The van der Waals surface area contributed by atoms with Crippen LogP contribution < -0.4 is 0 Å². The second kappa shape index (κ2) is 5.02. The lowest BCUT2D eigenvalue weighted by Gasteiger charge is -2.26. The van der Waals surface area contributed by atoms with Gasteiger partial charge in [0.05, 0.1) is 12.7 Å². The lowest BCUT2D eigenvalue weighted by atomic mass is 10.0. The summed E-state index contributed by atoms with van der Waals surface area (Å²) in [6, 6.07) is 0. The van der Waals surface area contributed by atoms with Crippen LogP contribution in [0.4, 0.5) is 26.3 Å². The van der Waals surface area contributed by atoms with Crippen LogP contribution in [0.3, 0.4) is 0 Å². The van der Waals surface area contributed by atoms with Crippen molar-refractivity contribution in [2.75, 3.05) is 13.2 Å². The lowest BCUT2D eigenvalue weighted by molar-refractivity contribution is -0.309. The molecular formula is C7H10F6O2. The summed E-state index contributed by atoms with van der Waals surface area (Å²) < 4.78 is 76.1. The van der Waals surface area contributed by atoms with Gasteiger partial charge in [0.2, 0.25) is 0 Å². The highest BCUT2D eigenvalue weighted by Crippen LogP contribution is 2.41. The van der Waals surface area contributed by atoms with Crippen LogP contribution in [0.15, 0.2) is 0 Å². The van der Waals surface area contributed by atoms with E-state index in [2.05, 4.69) is 4.74 Å². The number of hydrogen-bond donors (Lipinski definition) is 1. The molecule has 0 saturated heterocycles. The number of halogens is 6. The number of rotatable bonds is 4. The molecule has 0 aliphatic rings. The largest absolute Gasteiger partial charge is 0.403 e. The topological polar surface area (TPSA) is 29.5 Å². The molecule has 15 heavy (non-hydrogen) atoms. The molecule has 0 aromatic heterocycles. The summed E-state index contributed by atoms with van der Waals surface area (Å²) in [5, 5.41) is 8.75. The van der Waals surface area contributed by atoms with Gasteiger partial charge in [0.1, 0.15) is 0 Å². The van der Waals surface area contributed by atoms with Gasteiger partial charge in [-0.05, 0) is 6.92 Å². The Kier molecular flexibility index (Phi) is 4.85. The average Bonchev–Trinajstić information content (AvgIpc) is 1.94. The molecule has 0 radical (unpaired) electrons. The van der Waals surface area contributed by atoms with Gasteiger partial charge in [-0.3, -0.25) is 0 Å². The van der Waals surface area contributed by atoms with Crippen LogP contribution in [0.5, 0.6) is 0 Å². The first-order chi connectivity index (χ1) is 6.60. The predicted octanol–water partition coefficient (Wildman–Crippen LogP) is 2.12. The Morgan fingerprint density at radius 2 is 1.47 bits per heavy atom. The van der Waals surface area contributed by atoms with E-state index >= 15 is 0 Å². The summed E-state index contributed by atoms with van der Waals surface area (Å²) in [4.78, 5) is 0. The first kappa shape index (κ1) is 14.5. The SMILES string of the molecule is CCOCC(O)C(C(F)(F)F)C(F)(F)F. The molecule has 0 heterocycles. The van der Waals surface area contributed by atoms with Gasteiger partial charge in [-0.2, -0.15) is 26.3 Å². The number of hydrogen-bond acceptors (Lipinski definition) is 2. The molecule has 0 amide bonds. The van der Waals surface area contributed by atoms with Crippen molar-refractivity contribution in [3.63, 3.8) is 0 Å². The molecule has 0 aromatic carbocycles. The van der Waals surface area contributed by atoms with E-state index in [1.807, 2.05) is 0 Å². The molecule has 1 atom stereocenters. The monoisotopic (exact) mass is 240 g/mol. The minimum absolute atomic E-state index is 0.0699. The molecule has 8 heteroatoms. The Hall–Kier alpha value is -0.500. The molecule has 0 bridgehead atoms. The van der Waals surface area contributed by atoms with Crippen molar-refractivity contribution >= 4 is 0 Å². The summed E-state index contributed by atoms with van der Waals surface area (Å²) in [7, 11) is 0. The summed E-state index contributed by atoms with van der Waals surface area (Å²) in [6.07, 6.45) is -13.7. The summed E-state index contributed by atoms with van der Waals surface area (Å²) in [5.74, 6) is -3.77. The van der Waals surface area contributed by atoms with Crippen molar-refractivity contribution in [2.24, 2.45) is 5.92 Å². The molecule has 2 nitrogen and oxygen atoms in total. The summed E-state index contributed by atoms with van der Waals surface area (Å²) >= 11 is 0. The molecular weight excluding hydrogens is 230 g/mol. The molecule has 0 fully saturated rings. The highest BCUT2D eigenvalue weighted by Gasteiger charge is 2.60. The van der Waals surface area contributed by atoms with Gasteiger partial charge in [-0.1, -0.05) is 0 Å². The first-order valence-electron chi connectivity index (χ1n) is 4.00. The lowest BCUT2D eigenvalue weighted by Crippen LogP contribution is -2.46. The fourth-order valence-corrected chi connectivity index (χ4v) is 0.957. The van der Waals surface area contributed by atoms with Crippen LogP contribution in [-0.2, 0) is 4.74 Å². The third-order valence-electron chi connectivity index (χ3n) is 1.58. The predicted molar refractivity (Wildman–Crippen MR) is 38.1 cm³/mol. The number of alkyl halides is 6. The maximum atomic E-state index is 12.0. The molecule has 0 aliphatic carbocycles. The molecule has 1 N–H and O–H groups in total. The van der Waals surface area contributed by atoms with Gasteiger partial charge >= 0.3 is 12.4 Å². The Labute approximate surface area is 81.8 Å². The van der Waals surface area contributed by atoms with Gasteiger partial charge in [-0.25, -0.2) is 0 Å². The van der Waals surface area contributed by atoms with E-state index in [1.54, 1.807) is 0 Å². The van der Waals surface area contributed by atoms with E-state index in [4.69, 9.17) is 5.11 Å². The van der Waals surface area contributed by atoms with Crippen molar-refractivity contribution in [1.29, 1.82) is 0 Å². The van der Waals surface area contributed by atoms with E-state index < -0.39 is 31.0 Å². The van der Waals surface area contributed by atoms with Crippen LogP contribution >= 0.6 is 0 Å². The third kappa shape index (κ3) is 4.70. The zero-order chi connectivity index (χ0) is 12.3. The number of aliphatic hydroxyl groups excluding tert-OH is 1. The molecule has 0 saturated carbocycles. The first-order valence-corrected chi connectivity index (χ1v) is 4.00. The molecule has 92 valence electrons. The van der Waals surface area contributed by atoms with Gasteiger partial charge in [0.15, 0.2) is 5.92 Å². The van der Waals surface area contributed by atoms with Crippen molar-refractivity contribution in [3.05, 3.63) is 0 Å². The second-order valence-corrected chi connectivity index (χ2v) is 2.79. The molecule has 0 rings (SSSR count).